The third-order valence-corrected chi connectivity index (χ3v) is 5.30. The van der Waals surface area contributed by atoms with Crippen molar-refractivity contribution < 1.29 is 9.50 Å². The average molecular weight is 461 g/mol. The maximum absolute atomic E-state index is 14.5. The van der Waals surface area contributed by atoms with Crippen LogP contribution in [0.4, 0.5) is 21.6 Å². The van der Waals surface area contributed by atoms with Crippen molar-refractivity contribution in [2.75, 3.05) is 10.6 Å². The molecule has 0 spiro atoms. The zero-order chi connectivity index (χ0) is 24.3. The molecule has 1 unspecified atom stereocenters. The van der Waals surface area contributed by atoms with Crippen molar-refractivity contribution in [3.8, 4) is 11.3 Å². The Morgan fingerprint density at radius 3 is 2.47 bits per heavy atom. The van der Waals surface area contributed by atoms with E-state index in [1.54, 1.807) is 24.4 Å². The molecule has 0 saturated heterocycles. The van der Waals surface area contributed by atoms with Gasteiger partial charge in [0.05, 0.1) is 11.4 Å². The number of aromatic amines is 1. The minimum atomic E-state index is -1.11. The lowest BCUT2D eigenvalue weighted by Gasteiger charge is -2.21. The van der Waals surface area contributed by atoms with Crippen LogP contribution in [-0.4, -0.2) is 25.3 Å². The molecule has 2 aromatic heterocycles. The van der Waals surface area contributed by atoms with E-state index in [1.165, 1.54) is 18.5 Å². The van der Waals surface area contributed by atoms with Crippen molar-refractivity contribution in [2.45, 2.75) is 32.4 Å². The third-order valence-electron chi connectivity index (χ3n) is 5.30. The van der Waals surface area contributed by atoms with Crippen LogP contribution in [0.2, 0.25) is 0 Å². The minimum absolute atomic E-state index is 0.0117. The lowest BCUT2D eigenvalue weighted by atomic mass is 9.86. The molecule has 34 heavy (non-hydrogen) atoms. The Bertz CT molecular complexity index is 1330. The molecule has 0 radical (unpaired) electrons. The molecule has 8 nitrogen and oxygen atoms in total. The molecule has 4 N–H and O–H groups in total. The molecule has 0 aliphatic heterocycles. The van der Waals surface area contributed by atoms with Crippen molar-refractivity contribution in [1.29, 1.82) is 0 Å². The van der Waals surface area contributed by atoms with Gasteiger partial charge in [0.25, 0.3) is 5.56 Å². The van der Waals surface area contributed by atoms with E-state index < -0.39 is 17.6 Å². The number of nitrogens with zero attached hydrogens (tertiary/aromatic N) is 3. The molecule has 0 aliphatic rings. The van der Waals surface area contributed by atoms with Crippen LogP contribution in [0.5, 0.6) is 0 Å². The van der Waals surface area contributed by atoms with Gasteiger partial charge in [0.2, 0.25) is 0 Å². The standard InChI is InChI=1S/C25H25FN6O2/c1-25(2,3)17-7-4-15(5-8-17)23(33)30-20-12-16(6-9-18(20)26)19-13-21(24(34)32-31-19)29-22-10-11-27-14-28-22/h4-14,23,30,33H,1-3H3,(H,32,34)(H,27,28,29,31). The number of nitrogens with one attached hydrogen (secondary N) is 3. The Hall–Kier alpha value is -4.11. The second-order valence-corrected chi connectivity index (χ2v) is 8.83. The molecule has 4 rings (SSSR count). The Labute approximate surface area is 195 Å². The largest absolute Gasteiger partial charge is 0.369 e. The molecule has 2 aromatic carbocycles. The molecule has 0 saturated carbocycles. The lowest BCUT2D eigenvalue weighted by Crippen LogP contribution is -2.14. The topological polar surface area (TPSA) is 116 Å². The Morgan fingerprint density at radius 2 is 1.79 bits per heavy atom. The highest BCUT2D eigenvalue weighted by atomic mass is 19.1. The summed E-state index contributed by atoms with van der Waals surface area (Å²) in [6.45, 7) is 6.32. The van der Waals surface area contributed by atoms with Crippen LogP contribution in [0.1, 0.15) is 38.1 Å². The number of aromatic nitrogens is 4. The van der Waals surface area contributed by atoms with Gasteiger partial charge in [-0.1, -0.05) is 45.0 Å². The summed E-state index contributed by atoms with van der Waals surface area (Å²) in [4.78, 5) is 20.1. The smallest absolute Gasteiger partial charge is 0.287 e. The second-order valence-electron chi connectivity index (χ2n) is 8.83. The fourth-order valence-electron chi connectivity index (χ4n) is 3.34. The predicted octanol–water partition coefficient (Wildman–Crippen LogP) is 4.51. The maximum atomic E-state index is 14.5. The monoisotopic (exact) mass is 460 g/mol. The first kappa shape index (κ1) is 23.1. The number of halogens is 1. The maximum Gasteiger partial charge on any atom is 0.287 e. The van der Waals surface area contributed by atoms with Gasteiger partial charge in [-0.05, 0) is 41.3 Å². The number of rotatable bonds is 6. The summed E-state index contributed by atoms with van der Waals surface area (Å²) in [7, 11) is 0. The summed E-state index contributed by atoms with van der Waals surface area (Å²) in [6, 6.07) is 15.0. The van der Waals surface area contributed by atoms with Gasteiger partial charge in [0.15, 0.2) is 6.23 Å². The molecule has 1 atom stereocenters. The van der Waals surface area contributed by atoms with E-state index in [-0.39, 0.29) is 16.8 Å². The second kappa shape index (κ2) is 9.40. The van der Waals surface area contributed by atoms with Crippen LogP contribution in [0, 0.1) is 5.82 Å². The molecule has 0 aliphatic carbocycles. The number of hydrogen-bond donors (Lipinski definition) is 4. The van der Waals surface area contributed by atoms with Crippen molar-refractivity contribution in [2.24, 2.45) is 0 Å². The van der Waals surface area contributed by atoms with Crippen LogP contribution in [-0.2, 0) is 5.41 Å². The van der Waals surface area contributed by atoms with E-state index in [4.69, 9.17) is 0 Å². The van der Waals surface area contributed by atoms with Crippen molar-refractivity contribution in [3.63, 3.8) is 0 Å². The predicted molar refractivity (Wildman–Crippen MR) is 129 cm³/mol. The molecular formula is C25H25FN6O2. The van der Waals surface area contributed by atoms with Gasteiger partial charge in [0, 0.05) is 17.3 Å². The number of aliphatic hydroxyl groups excluding tert-OH is 1. The summed E-state index contributed by atoms with van der Waals surface area (Å²) in [6.07, 6.45) is 1.79. The highest BCUT2D eigenvalue weighted by molar-refractivity contribution is 5.69. The summed E-state index contributed by atoms with van der Waals surface area (Å²) < 4.78 is 14.5. The Balaban J connectivity index is 1.57. The van der Waals surface area contributed by atoms with Gasteiger partial charge in [0.1, 0.15) is 23.6 Å². The first-order valence-corrected chi connectivity index (χ1v) is 10.7. The Kier molecular flexibility index (Phi) is 6.38. The highest BCUT2D eigenvalue weighted by Gasteiger charge is 2.16. The van der Waals surface area contributed by atoms with Crippen LogP contribution in [0.25, 0.3) is 11.3 Å². The number of benzene rings is 2. The summed E-state index contributed by atoms with van der Waals surface area (Å²) in [5.74, 6) is -0.0856. The van der Waals surface area contributed by atoms with Gasteiger partial charge < -0.3 is 15.7 Å². The lowest BCUT2D eigenvalue weighted by molar-refractivity contribution is 0.207. The van der Waals surface area contributed by atoms with Gasteiger partial charge in [-0.15, -0.1) is 0 Å². The minimum Gasteiger partial charge on any atom is -0.369 e. The molecule has 2 heterocycles. The van der Waals surface area contributed by atoms with E-state index in [2.05, 4.69) is 51.6 Å². The van der Waals surface area contributed by atoms with Crippen LogP contribution >= 0.6 is 0 Å². The van der Waals surface area contributed by atoms with Gasteiger partial charge in [-0.2, -0.15) is 5.10 Å². The SMILES string of the molecule is CC(C)(C)c1ccc(C(O)Nc2cc(-c3cc(Nc4ccncn4)c(=O)[nH]n3)ccc2F)cc1. The molecule has 0 fully saturated rings. The fourth-order valence-corrected chi connectivity index (χ4v) is 3.34. The number of aliphatic hydroxyl groups is 1. The zero-order valence-electron chi connectivity index (χ0n) is 19.0. The van der Waals surface area contributed by atoms with Crippen LogP contribution in [0.15, 0.2) is 71.9 Å². The van der Waals surface area contributed by atoms with E-state index in [9.17, 15) is 14.3 Å². The molecule has 4 aromatic rings. The summed E-state index contributed by atoms with van der Waals surface area (Å²) >= 11 is 0. The first-order chi connectivity index (χ1) is 16.2. The van der Waals surface area contributed by atoms with E-state index in [0.29, 0.717) is 22.6 Å². The molecule has 174 valence electrons. The fraction of sp³-hybridized carbons (Fsp3) is 0.200. The first-order valence-electron chi connectivity index (χ1n) is 10.7. The van der Waals surface area contributed by atoms with Crippen molar-refractivity contribution in [1.82, 2.24) is 20.2 Å². The Morgan fingerprint density at radius 1 is 1.03 bits per heavy atom. The average Bonchev–Trinajstić information content (AvgIpc) is 2.82. The summed E-state index contributed by atoms with van der Waals surface area (Å²) in [5.41, 5.74) is 2.57. The molecular weight excluding hydrogens is 435 g/mol. The van der Waals surface area contributed by atoms with E-state index in [0.717, 1.165) is 5.56 Å². The zero-order valence-corrected chi connectivity index (χ0v) is 19.0. The number of anilines is 3. The van der Waals surface area contributed by atoms with Gasteiger partial charge >= 0.3 is 0 Å². The van der Waals surface area contributed by atoms with Crippen LogP contribution < -0.4 is 16.2 Å². The third kappa shape index (κ3) is 5.26. The van der Waals surface area contributed by atoms with E-state index >= 15 is 0 Å². The van der Waals surface area contributed by atoms with Crippen molar-refractivity contribution >= 4 is 17.2 Å². The quantitative estimate of drug-likeness (QED) is 0.313. The molecule has 0 bridgehead atoms. The number of H-pyrrole nitrogens is 1. The van der Waals surface area contributed by atoms with E-state index in [1.807, 2.05) is 24.3 Å². The highest BCUT2D eigenvalue weighted by Crippen LogP contribution is 2.28. The van der Waals surface area contributed by atoms with Crippen LogP contribution in [0.3, 0.4) is 0 Å². The normalized spacial score (nSPS) is 12.3. The molecule has 0 amide bonds. The van der Waals surface area contributed by atoms with Crippen molar-refractivity contribution in [3.05, 3.63) is 94.4 Å². The van der Waals surface area contributed by atoms with Gasteiger partial charge in [-0.3, -0.25) is 4.79 Å². The van der Waals surface area contributed by atoms with Gasteiger partial charge in [-0.25, -0.2) is 19.5 Å². The summed E-state index contributed by atoms with van der Waals surface area (Å²) in [5, 5.41) is 22.9. The number of hydrogen-bond acceptors (Lipinski definition) is 7. The molecule has 9 heteroatoms.